The molecule has 0 spiro atoms. The molecule has 0 radical (unpaired) electrons. The van der Waals surface area contributed by atoms with Crippen molar-refractivity contribution in [2.75, 3.05) is 12.8 Å². The fourth-order valence-electron chi connectivity index (χ4n) is 3.08. The minimum atomic E-state index is -3.26. The summed E-state index contributed by atoms with van der Waals surface area (Å²) in [6, 6.07) is 9.97. The van der Waals surface area contributed by atoms with Crippen LogP contribution in [0.3, 0.4) is 0 Å². The van der Waals surface area contributed by atoms with Crippen molar-refractivity contribution in [3.63, 3.8) is 0 Å². The van der Waals surface area contributed by atoms with E-state index in [-0.39, 0.29) is 16.8 Å². The topological polar surface area (TPSA) is 67.6 Å². The van der Waals surface area contributed by atoms with E-state index in [0.717, 1.165) is 37.0 Å². The minimum Gasteiger partial charge on any atom is -0.464 e. The van der Waals surface area contributed by atoms with E-state index in [0.29, 0.717) is 12.1 Å². The number of aryl methyl sites for hydroxylation is 1. The summed E-state index contributed by atoms with van der Waals surface area (Å²) in [6.45, 7) is 2.71. The Bertz CT molecular complexity index is 836. The van der Waals surface area contributed by atoms with Gasteiger partial charge in [0.05, 0.1) is 10.9 Å². The van der Waals surface area contributed by atoms with Crippen molar-refractivity contribution in [1.29, 1.82) is 0 Å². The second kappa shape index (κ2) is 6.43. The third kappa shape index (κ3) is 3.24. The number of carbonyl (C=O) groups is 1. The first-order valence-corrected chi connectivity index (χ1v) is 9.99. The van der Waals surface area contributed by atoms with E-state index in [1.807, 2.05) is 24.0 Å². The van der Waals surface area contributed by atoms with Crippen LogP contribution in [0.25, 0.3) is 0 Å². The quantitative estimate of drug-likeness (QED) is 0.851. The molecule has 1 atom stereocenters. The van der Waals surface area contributed by atoms with Crippen molar-refractivity contribution in [2.24, 2.45) is 0 Å². The van der Waals surface area contributed by atoms with Crippen LogP contribution in [-0.2, 0) is 16.3 Å². The van der Waals surface area contributed by atoms with Gasteiger partial charge in [-0.25, -0.2) is 8.42 Å². The predicted octanol–water partition coefficient (Wildman–Crippen LogP) is 3.22. The van der Waals surface area contributed by atoms with Gasteiger partial charge in [0.2, 0.25) is 0 Å². The number of sulfone groups is 1. The van der Waals surface area contributed by atoms with Gasteiger partial charge in [0, 0.05) is 24.8 Å². The Hall–Kier alpha value is -2.08. The van der Waals surface area contributed by atoms with Crippen molar-refractivity contribution in [3.8, 4) is 0 Å². The molecule has 0 saturated carbocycles. The van der Waals surface area contributed by atoms with Gasteiger partial charge in [0.25, 0.3) is 5.91 Å². The standard InChI is InChI=1S/C18H21NO4S/c1-3-14-8-11-17(23-14)16-5-4-12-19(16)18(20)13-6-9-15(10-7-13)24(2,21)22/h6-11,16H,3-5,12H2,1-2H3. The number of carbonyl (C=O) groups excluding carboxylic acids is 1. The zero-order valence-electron chi connectivity index (χ0n) is 13.9. The molecule has 1 aliphatic rings. The molecule has 2 heterocycles. The van der Waals surface area contributed by atoms with Crippen molar-refractivity contribution < 1.29 is 17.6 Å². The molecule has 24 heavy (non-hydrogen) atoms. The molecule has 1 aromatic carbocycles. The van der Waals surface area contributed by atoms with Gasteiger partial charge in [-0.2, -0.15) is 0 Å². The Kier molecular flexibility index (Phi) is 4.49. The van der Waals surface area contributed by atoms with Gasteiger partial charge < -0.3 is 9.32 Å². The van der Waals surface area contributed by atoms with E-state index in [9.17, 15) is 13.2 Å². The van der Waals surface area contributed by atoms with Crippen molar-refractivity contribution in [2.45, 2.75) is 37.1 Å². The average Bonchev–Trinajstić information content (AvgIpc) is 3.22. The van der Waals surface area contributed by atoms with E-state index in [4.69, 9.17) is 4.42 Å². The van der Waals surface area contributed by atoms with Crippen LogP contribution in [0.5, 0.6) is 0 Å². The number of benzene rings is 1. The van der Waals surface area contributed by atoms with E-state index < -0.39 is 9.84 Å². The molecule has 5 nitrogen and oxygen atoms in total. The first kappa shape index (κ1) is 16.8. The number of rotatable bonds is 4. The summed E-state index contributed by atoms with van der Waals surface area (Å²) in [5.74, 6) is 1.65. The zero-order chi connectivity index (χ0) is 17.3. The number of furan rings is 1. The smallest absolute Gasteiger partial charge is 0.254 e. The molecule has 3 rings (SSSR count). The first-order chi connectivity index (χ1) is 11.4. The highest BCUT2D eigenvalue weighted by Gasteiger charge is 2.32. The number of hydrogen-bond acceptors (Lipinski definition) is 4. The Morgan fingerprint density at radius 1 is 1.21 bits per heavy atom. The molecule has 1 aromatic heterocycles. The Morgan fingerprint density at radius 3 is 2.50 bits per heavy atom. The highest BCUT2D eigenvalue weighted by molar-refractivity contribution is 7.90. The first-order valence-electron chi connectivity index (χ1n) is 8.10. The van der Waals surface area contributed by atoms with Crippen molar-refractivity contribution >= 4 is 15.7 Å². The second-order valence-corrected chi connectivity index (χ2v) is 8.13. The summed E-state index contributed by atoms with van der Waals surface area (Å²) < 4.78 is 28.9. The molecule has 1 unspecified atom stereocenters. The van der Waals surface area contributed by atoms with Gasteiger partial charge >= 0.3 is 0 Å². The monoisotopic (exact) mass is 347 g/mol. The molecule has 2 aromatic rings. The van der Waals surface area contributed by atoms with Gasteiger partial charge in [-0.05, 0) is 49.2 Å². The lowest BCUT2D eigenvalue weighted by Gasteiger charge is -2.23. The van der Waals surface area contributed by atoms with Crippen LogP contribution >= 0.6 is 0 Å². The lowest BCUT2D eigenvalue weighted by Crippen LogP contribution is -2.30. The maximum absolute atomic E-state index is 12.8. The molecule has 1 amide bonds. The lowest BCUT2D eigenvalue weighted by molar-refractivity contribution is 0.0719. The van der Waals surface area contributed by atoms with E-state index in [2.05, 4.69) is 0 Å². The summed E-state index contributed by atoms with van der Waals surface area (Å²) in [6.07, 6.45) is 3.79. The van der Waals surface area contributed by atoms with Crippen LogP contribution in [0.15, 0.2) is 45.7 Å². The maximum atomic E-state index is 12.8. The van der Waals surface area contributed by atoms with Crippen LogP contribution < -0.4 is 0 Å². The summed E-state index contributed by atoms with van der Waals surface area (Å²) in [5, 5.41) is 0. The van der Waals surface area contributed by atoms with Crippen LogP contribution in [0, 0.1) is 0 Å². The third-order valence-electron chi connectivity index (χ3n) is 4.40. The molecule has 1 fully saturated rings. The van der Waals surface area contributed by atoms with Gasteiger partial charge in [-0.3, -0.25) is 4.79 Å². The van der Waals surface area contributed by atoms with E-state index in [1.54, 1.807) is 12.1 Å². The van der Waals surface area contributed by atoms with Crippen LogP contribution in [0.4, 0.5) is 0 Å². The third-order valence-corrected chi connectivity index (χ3v) is 5.53. The van der Waals surface area contributed by atoms with Crippen LogP contribution in [0.2, 0.25) is 0 Å². The van der Waals surface area contributed by atoms with Crippen molar-refractivity contribution in [3.05, 3.63) is 53.5 Å². The Labute approximate surface area is 142 Å². The number of amides is 1. The fourth-order valence-corrected chi connectivity index (χ4v) is 3.71. The lowest BCUT2D eigenvalue weighted by atomic mass is 10.1. The molecule has 6 heteroatoms. The van der Waals surface area contributed by atoms with Crippen LogP contribution in [0.1, 0.15) is 47.7 Å². The predicted molar refractivity (Wildman–Crippen MR) is 90.6 cm³/mol. The molecule has 0 aliphatic carbocycles. The average molecular weight is 347 g/mol. The summed E-state index contributed by atoms with van der Waals surface area (Å²) in [4.78, 5) is 14.8. The molecule has 1 saturated heterocycles. The molecule has 0 N–H and O–H groups in total. The SMILES string of the molecule is CCc1ccc(C2CCCN2C(=O)c2ccc(S(C)(=O)=O)cc2)o1. The summed E-state index contributed by atoms with van der Waals surface area (Å²) in [5.41, 5.74) is 0.497. The number of nitrogens with zero attached hydrogens (tertiary/aromatic N) is 1. The number of hydrogen-bond donors (Lipinski definition) is 0. The van der Waals surface area contributed by atoms with Crippen molar-refractivity contribution in [1.82, 2.24) is 4.90 Å². The van der Waals surface area contributed by atoms with Crippen LogP contribution in [-0.4, -0.2) is 32.0 Å². The zero-order valence-corrected chi connectivity index (χ0v) is 14.7. The Morgan fingerprint density at radius 2 is 1.92 bits per heavy atom. The molecular weight excluding hydrogens is 326 g/mol. The van der Waals surface area contributed by atoms with Gasteiger partial charge in [0.1, 0.15) is 11.5 Å². The molecule has 1 aliphatic heterocycles. The summed E-state index contributed by atoms with van der Waals surface area (Å²) >= 11 is 0. The molecule has 0 bridgehead atoms. The van der Waals surface area contributed by atoms with Gasteiger partial charge in [-0.1, -0.05) is 6.92 Å². The number of likely N-dealkylation sites (tertiary alicyclic amines) is 1. The maximum Gasteiger partial charge on any atom is 0.254 e. The summed E-state index contributed by atoms with van der Waals surface area (Å²) in [7, 11) is -3.26. The van der Waals surface area contributed by atoms with E-state index >= 15 is 0 Å². The fraction of sp³-hybridized carbons (Fsp3) is 0.389. The second-order valence-electron chi connectivity index (χ2n) is 6.11. The van der Waals surface area contributed by atoms with E-state index in [1.165, 1.54) is 12.1 Å². The normalized spacial score (nSPS) is 18.1. The largest absolute Gasteiger partial charge is 0.464 e. The minimum absolute atomic E-state index is 0.0487. The Balaban J connectivity index is 1.83. The van der Waals surface area contributed by atoms with Gasteiger partial charge in [0.15, 0.2) is 9.84 Å². The highest BCUT2D eigenvalue weighted by atomic mass is 32.2. The molecule has 128 valence electrons. The van der Waals surface area contributed by atoms with Gasteiger partial charge in [-0.15, -0.1) is 0 Å². The highest BCUT2D eigenvalue weighted by Crippen LogP contribution is 2.34. The molecular formula is C18H21NO4S.